The summed E-state index contributed by atoms with van der Waals surface area (Å²) < 4.78 is 29.1. The minimum atomic E-state index is -0.573. The van der Waals surface area contributed by atoms with Crippen LogP contribution in [0, 0.1) is 31.4 Å². The molecule has 0 spiro atoms. The van der Waals surface area contributed by atoms with Gasteiger partial charge in [-0.15, -0.1) is 0 Å². The molecule has 0 bridgehead atoms. The van der Waals surface area contributed by atoms with Gasteiger partial charge in [-0.3, -0.25) is 4.68 Å². The zero-order chi connectivity index (χ0) is 17.9. The Hall–Kier alpha value is -1.79. The Balaban J connectivity index is 2.21. The van der Waals surface area contributed by atoms with Gasteiger partial charge in [-0.1, -0.05) is 19.9 Å². The number of aliphatic hydroxyl groups excluding tert-OH is 1. The minimum absolute atomic E-state index is 0.0320. The number of benzene rings is 1. The quantitative estimate of drug-likeness (QED) is 0.815. The second-order valence-electron chi connectivity index (χ2n) is 6.36. The highest BCUT2D eigenvalue weighted by Crippen LogP contribution is 2.26. The minimum Gasteiger partial charge on any atom is -0.394 e. The van der Waals surface area contributed by atoms with Crippen molar-refractivity contribution < 1.29 is 13.9 Å². The van der Waals surface area contributed by atoms with Crippen LogP contribution in [-0.2, 0) is 13.1 Å². The van der Waals surface area contributed by atoms with Crippen molar-refractivity contribution in [2.24, 2.45) is 5.92 Å². The molecule has 0 aliphatic carbocycles. The van der Waals surface area contributed by atoms with Gasteiger partial charge < -0.3 is 10.4 Å². The van der Waals surface area contributed by atoms with E-state index in [-0.39, 0.29) is 18.6 Å². The van der Waals surface area contributed by atoms with E-state index in [9.17, 15) is 8.78 Å². The van der Waals surface area contributed by atoms with E-state index in [2.05, 4.69) is 10.4 Å². The van der Waals surface area contributed by atoms with Gasteiger partial charge in [-0.25, -0.2) is 8.78 Å². The third-order valence-electron chi connectivity index (χ3n) is 4.31. The van der Waals surface area contributed by atoms with Crippen LogP contribution in [0.4, 0.5) is 8.78 Å². The number of aryl methyl sites for hydroxylation is 1. The topological polar surface area (TPSA) is 50.1 Å². The lowest BCUT2D eigenvalue weighted by atomic mass is 9.95. The van der Waals surface area contributed by atoms with Gasteiger partial charge in [0.05, 0.1) is 18.8 Å². The average molecular weight is 337 g/mol. The second kappa shape index (κ2) is 7.85. The molecule has 4 nitrogen and oxygen atoms in total. The first-order chi connectivity index (χ1) is 11.3. The van der Waals surface area contributed by atoms with E-state index in [1.165, 1.54) is 12.1 Å². The summed E-state index contributed by atoms with van der Waals surface area (Å²) in [6.45, 7) is 8.88. The summed E-state index contributed by atoms with van der Waals surface area (Å²) >= 11 is 0. The lowest BCUT2D eigenvalue weighted by Crippen LogP contribution is -2.26. The highest BCUT2D eigenvalue weighted by atomic mass is 19.1. The van der Waals surface area contributed by atoms with Crippen molar-refractivity contribution in [3.05, 3.63) is 52.3 Å². The normalized spacial score (nSPS) is 12.8. The van der Waals surface area contributed by atoms with Gasteiger partial charge in [-0.2, -0.15) is 5.10 Å². The maximum Gasteiger partial charge on any atom is 0.130 e. The number of nitrogens with one attached hydrogen (secondary N) is 1. The molecule has 2 N–H and O–H groups in total. The molecule has 1 unspecified atom stereocenters. The summed E-state index contributed by atoms with van der Waals surface area (Å²) in [6, 6.07) is 3.47. The van der Waals surface area contributed by atoms with Crippen LogP contribution in [-0.4, -0.2) is 21.5 Å². The predicted octanol–water partition coefficient (Wildman–Crippen LogP) is 3.26. The summed E-state index contributed by atoms with van der Waals surface area (Å²) in [7, 11) is 0. The molecule has 132 valence electrons. The zero-order valence-electron chi connectivity index (χ0n) is 14.6. The fourth-order valence-corrected chi connectivity index (χ4v) is 2.97. The second-order valence-corrected chi connectivity index (χ2v) is 6.36. The lowest BCUT2D eigenvalue weighted by molar-refractivity contribution is 0.267. The van der Waals surface area contributed by atoms with Gasteiger partial charge >= 0.3 is 0 Å². The van der Waals surface area contributed by atoms with Crippen LogP contribution in [0.3, 0.4) is 0 Å². The standard InChI is InChI=1S/C18H25F2N3O/c1-11(2)18(15-6-5-14(19)9-17(15)20)21-10-16-12(3)22-23(7-8-24)13(16)4/h5-6,9,11,18,21,24H,7-8,10H2,1-4H3. The zero-order valence-corrected chi connectivity index (χ0v) is 14.6. The highest BCUT2D eigenvalue weighted by molar-refractivity contribution is 5.26. The fraction of sp³-hybridized carbons (Fsp3) is 0.500. The number of aromatic nitrogens is 2. The molecule has 0 aliphatic heterocycles. The third-order valence-corrected chi connectivity index (χ3v) is 4.31. The largest absolute Gasteiger partial charge is 0.394 e. The molecule has 1 atom stereocenters. The first-order valence-electron chi connectivity index (χ1n) is 8.17. The molecule has 24 heavy (non-hydrogen) atoms. The Bertz CT molecular complexity index is 698. The molecule has 0 amide bonds. The SMILES string of the molecule is Cc1nn(CCO)c(C)c1CNC(c1ccc(F)cc1F)C(C)C. The summed E-state index contributed by atoms with van der Waals surface area (Å²) in [5, 5.41) is 16.9. The van der Waals surface area contributed by atoms with Crippen molar-refractivity contribution in [2.75, 3.05) is 6.61 Å². The first kappa shape index (κ1) is 18.5. The molecule has 2 aromatic rings. The molecule has 6 heteroatoms. The van der Waals surface area contributed by atoms with E-state index in [0.717, 1.165) is 23.0 Å². The van der Waals surface area contributed by atoms with E-state index >= 15 is 0 Å². The number of rotatable bonds is 7. The van der Waals surface area contributed by atoms with Crippen LogP contribution in [0.25, 0.3) is 0 Å². The molecule has 1 aromatic carbocycles. The van der Waals surface area contributed by atoms with Crippen LogP contribution >= 0.6 is 0 Å². The first-order valence-corrected chi connectivity index (χ1v) is 8.17. The Morgan fingerprint density at radius 3 is 2.54 bits per heavy atom. The fourth-order valence-electron chi connectivity index (χ4n) is 2.97. The molecule has 0 saturated heterocycles. The van der Waals surface area contributed by atoms with Gasteiger partial charge in [-0.05, 0) is 25.8 Å². The molecular weight excluding hydrogens is 312 g/mol. The third kappa shape index (κ3) is 3.99. The lowest BCUT2D eigenvalue weighted by Gasteiger charge is -2.23. The van der Waals surface area contributed by atoms with Gasteiger partial charge in [0.1, 0.15) is 11.6 Å². The van der Waals surface area contributed by atoms with Crippen molar-refractivity contribution in [2.45, 2.75) is 46.8 Å². The van der Waals surface area contributed by atoms with Crippen LogP contribution in [0.1, 0.15) is 42.4 Å². The van der Waals surface area contributed by atoms with Crippen molar-refractivity contribution in [1.29, 1.82) is 0 Å². The van der Waals surface area contributed by atoms with Crippen LogP contribution < -0.4 is 5.32 Å². The van der Waals surface area contributed by atoms with Crippen LogP contribution in [0.5, 0.6) is 0 Å². The number of hydrogen-bond donors (Lipinski definition) is 2. The molecule has 0 fully saturated rings. The van der Waals surface area contributed by atoms with Crippen molar-refractivity contribution >= 4 is 0 Å². The summed E-state index contributed by atoms with van der Waals surface area (Å²) in [5.41, 5.74) is 3.37. The van der Waals surface area contributed by atoms with Crippen molar-refractivity contribution in [3.63, 3.8) is 0 Å². The molecule has 0 aliphatic rings. The monoisotopic (exact) mass is 337 g/mol. The summed E-state index contributed by atoms with van der Waals surface area (Å²) in [6.07, 6.45) is 0. The van der Waals surface area contributed by atoms with Crippen LogP contribution in [0.15, 0.2) is 18.2 Å². The summed E-state index contributed by atoms with van der Waals surface area (Å²) in [5.74, 6) is -0.973. The average Bonchev–Trinajstić information content (AvgIpc) is 2.76. The van der Waals surface area contributed by atoms with Gasteiger partial charge in [0.15, 0.2) is 0 Å². The maximum absolute atomic E-state index is 14.1. The van der Waals surface area contributed by atoms with Crippen molar-refractivity contribution in [1.82, 2.24) is 15.1 Å². The molecule has 2 rings (SSSR count). The number of nitrogens with zero attached hydrogens (tertiary/aromatic N) is 2. The Labute approximate surface area is 141 Å². The van der Waals surface area contributed by atoms with E-state index in [1.54, 1.807) is 4.68 Å². The number of aliphatic hydroxyl groups is 1. The number of halogens is 2. The molecule has 1 heterocycles. The van der Waals surface area contributed by atoms with Crippen LogP contribution in [0.2, 0.25) is 0 Å². The predicted molar refractivity (Wildman–Crippen MR) is 89.6 cm³/mol. The Kier molecular flexibility index (Phi) is 6.07. The number of hydrogen-bond acceptors (Lipinski definition) is 3. The van der Waals surface area contributed by atoms with Gasteiger partial charge in [0, 0.05) is 35.5 Å². The molecular formula is C18H25F2N3O. The van der Waals surface area contributed by atoms with Gasteiger partial charge in [0.25, 0.3) is 0 Å². The Morgan fingerprint density at radius 2 is 1.96 bits per heavy atom. The highest BCUT2D eigenvalue weighted by Gasteiger charge is 2.21. The molecule has 1 aromatic heterocycles. The molecule has 0 saturated carbocycles. The summed E-state index contributed by atoms with van der Waals surface area (Å²) in [4.78, 5) is 0. The van der Waals surface area contributed by atoms with E-state index in [1.807, 2.05) is 27.7 Å². The van der Waals surface area contributed by atoms with E-state index in [4.69, 9.17) is 5.11 Å². The van der Waals surface area contributed by atoms with Gasteiger partial charge in [0.2, 0.25) is 0 Å². The van der Waals surface area contributed by atoms with E-state index < -0.39 is 11.6 Å². The molecule has 0 radical (unpaired) electrons. The van der Waals surface area contributed by atoms with Crippen molar-refractivity contribution in [3.8, 4) is 0 Å². The smallest absolute Gasteiger partial charge is 0.130 e. The van der Waals surface area contributed by atoms with E-state index in [0.29, 0.717) is 18.7 Å². The maximum atomic E-state index is 14.1. The Morgan fingerprint density at radius 1 is 1.25 bits per heavy atom.